The van der Waals surface area contributed by atoms with Crippen molar-refractivity contribution in [3.63, 3.8) is 0 Å². The minimum absolute atomic E-state index is 0.593. The van der Waals surface area contributed by atoms with Gasteiger partial charge in [-0.1, -0.05) is 322 Å². The lowest BCUT2D eigenvalue weighted by Crippen LogP contribution is -2.09. The van der Waals surface area contributed by atoms with Gasteiger partial charge in [0.25, 0.3) is 0 Å². The third kappa shape index (κ3) is 13.0. The summed E-state index contributed by atoms with van der Waals surface area (Å²) in [7, 11) is 0. The molecule has 23 rings (SSSR count). The first-order valence-corrected chi connectivity index (χ1v) is 40.3. The quantitative estimate of drug-likeness (QED) is 0.105. The van der Waals surface area contributed by atoms with Crippen molar-refractivity contribution in [2.24, 2.45) is 0 Å². The second-order valence-corrected chi connectivity index (χ2v) is 30.0. The molecular weight excluding hydrogens is 1470 g/mol. The molecule has 562 valence electrons. The lowest BCUT2D eigenvalue weighted by atomic mass is 9.97. The van der Waals surface area contributed by atoms with Gasteiger partial charge in [-0.25, -0.2) is 29.9 Å². The zero-order chi connectivity index (χ0) is 79.4. The predicted molar refractivity (Wildman–Crippen MR) is 493 cm³/mol. The molecule has 120 heavy (non-hydrogen) atoms. The molecule has 0 saturated heterocycles. The molecule has 0 N–H and O–H groups in total. The van der Waals surface area contributed by atoms with Crippen LogP contribution in [0.4, 0.5) is 17.1 Å². The maximum Gasteiger partial charge on any atom is 0.164 e. The van der Waals surface area contributed by atoms with E-state index < -0.39 is 0 Å². The molecule has 18 aromatic carbocycles. The number of aromatic nitrogens is 7. The molecule has 0 amide bonds. The van der Waals surface area contributed by atoms with Gasteiger partial charge in [0.05, 0.1) is 11.0 Å². The maximum atomic E-state index is 6.80. The molecule has 23 aromatic rings. The van der Waals surface area contributed by atoms with Gasteiger partial charge in [0.2, 0.25) is 0 Å². The number of hydrogen-bond donors (Lipinski definition) is 0. The van der Waals surface area contributed by atoms with Gasteiger partial charge >= 0.3 is 0 Å². The van der Waals surface area contributed by atoms with Crippen molar-refractivity contribution in [2.75, 3.05) is 4.90 Å². The van der Waals surface area contributed by atoms with E-state index in [1.54, 1.807) is 0 Å². The number of para-hydroxylation sites is 2. The van der Waals surface area contributed by atoms with Crippen molar-refractivity contribution >= 4 is 104 Å². The molecule has 10 heteroatoms. The predicted octanol–water partition coefficient (Wildman–Crippen LogP) is 29.1. The summed E-state index contributed by atoms with van der Waals surface area (Å²) >= 11 is 0. The van der Waals surface area contributed by atoms with Gasteiger partial charge in [0, 0.05) is 88.4 Å². The molecule has 0 aliphatic rings. The van der Waals surface area contributed by atoms with Gasteiger partial charge in [-0.3, -0.25) is 0 Å². The molecule has 0 radical (unpaired) electrons. The highest BCUT2D eigenvalue weighted by Gasteiger charge is 2.24. The molecule has 0 aliphatic heterocycles. The van der Waals surface area contributed by atoms with Crippen molar-refractivity contribution in [3.8, 4) is 119 Å². The van der Waals surface area contributed by atoms with Crippen LogP contribution in [0.5, 0.6) is 0 Å². The zero-order valence-corrected chi connectivity index (χ0v) is 64.8. The lowest BCUT2D eigenvalue weighted by Gasteiger charge is -2.26. The molecule has 0 fully saturated rings. The standard InChI is InChI=1S/C61H40N4O.C49H30N4O/c1-5-15-41(16-6-1)43-25-32-49(33-26-43)65(50-34-27-44(28-35-50)42-17-7-2-8-18-42)51-36-29-45(30-37-51)48-31-38-54-56(39-48)66-57-40-55(52-23-13-14-24-53(52)58(54)57)61-63-59(46-19-9-3-10-20-46)62-60(64-61)47-21-11-4-12-22-47;1-4-14-31(15-5-1)47-50-48(32-16-6-2-7-17-32)52-49(51-47)41-30-45-46(38-22-11-10-20-36(38)41)39-26-24-34(29-44(39)54-45)33-25-27-43-40(28-33)37-21-12-13-23-42(37)53(43)35-18-8-3-9-19-35/h1-40H;1-30H. The van der Waals surface area contributed by atoms with Crippen LogP contribution in [-0.4, -0.2) is 34.5 Å². The summed E-state index contributed by atoms with van der Waals surface area (Å²) in [5.41, 5.74) is 24.6. The number of benzene rings is 18. The van der Waals surface area contributed by atoms with Gasteiger partial charge in [-0.05, 0) is 169 Å². The normalized spacial score (nSPS) is 11.5. The SMILES string of the molecule is c1ccc(-c2ccc(N(c3ccc(-c4ccccc4)cc3)c3ccc(-c4ccc5c(c4)oc4cc(-c6nc(-c7ccccc7)nc(-c7ccccc7)n6)c6ccccc6c45)cc3)cc2)cc1.c1ccc(-c2nc(-c3ccccc3)nc(-c3cc4oc5cc(-c6ccc7c(c6)c6ccccc6n7-c6ccccc6)ccc5c4c4ccccc34)n2)cc1. The highest BCUT2D eigenvalue weighted by Crippen LogP contribution is 2.46. The topological polar surface area (TPSA) is 112 Å². The Morgan fingerprint density at radius 1 is 0.183 bits per heavy atom. The Kier molecular flexibility index (Phi) is 17.7. The Morgan fingerprint density at radius 2 is 0.467 bits per heavy atom. The van der Waals surface area contributed by atoms with Crippen LogP contribution in [0, 0.1) is 0 Å². The fraction of sp³-hybridized carbons (Fsp3) is 0. The molecule has 0 atom stereocenters. The summed E-state index contributed by atoms with van der Waals surface area (Å²) in [5.74, 6) is 3.69. The summed E-state index contributed by atoms with van der Waals surface area (Å²) in [4.78, 5) is 32.5. The van der Waals surface area contributed by atoms with Crippen molar-refractivity contribution in [2.45, 2.75) is 0 Å². The van der Waals surface area contributed by atoms with Crippen LogP contribution in [0.1, 0.15) is 0 Å². The van der Waals surface area contributed by atoms with Crippen LogP contribution < -0.4 is 4.90 Å². The second kappa shape index (κ2) is 30.1. The Hall–Kier alpha value is -16.3. The molecule has 5 aromatic heterocycles. The van der Waals surface area contributed by atoms with Crippen LogP contribution >= 0.6 is 0 Å². The molecule has 0 bridgehead atoms. The summed E-state index contributed by atoms with van der Waals surface area (Å²) < 4.78 is 15.9. The minimum atomic E-state index is 0.593. The highest BCUT2D eigenvalue weighted by atomic mass is 16.3. The number of nitrogens with zero attached hydrogens (tertiary/aromatic N) is 8. The van der Waals surface area contributed by atoms with E-state index in [0.29, 0.717) is 34.9 Å². The van der Waals surface area contributed by atoms with Crippen LogP contribution in [-0.2, 0) is 0 Å². The monoisotopic (exact) mass is 1530 g/mol. The molecular formula is C110H70N8O2. The molecule has 5 heterocycles. The molecule has 0 aliphatic carbocycles. The average molecular weight is 1540 g/mol. The van der Waals surface area contributed by atoms with Crippen LogP contribution in [0.25, 0.3) is 206 Å². The smallest absolute Gasteiger partial charge is 0.164 e. The largest absolute Gasteiger partial charge is 0.456 e. The minimum Gasteiger partial charge on any atom is -0.456 e. The Morgan fingerprint density at radius 3 is 0.867 bits per heavy atom. The number of fused-ring (bicyclic) bond motifs is 13. The number of hydrogen-bond acceptors (Lipinski definition) is 9. The van der Waals surface area contributed by atoms with E-state index in [0.717, 1.165) is 144 Å². The Bertz CT molecular complexity index is 7580. The molecule has 10 nitrogen and oxygen atoms in total. The van der Waals surface area contributed by atoms with Crippen molar-refractivity contribution in [1.29, 1.82) is 0 Å². The summed E-state index contributed by atoms with van der Waals surface area (Å²) in [6.45, 7) is 0. The Labute approximate surface area is 691 Å². The summed E-state index contributed by atoms with van der Waals surface area (Å²) in [6, 6.07) is 148. The maximum absolute atomic E-state index is 6.80. The molecule has 0 spiro atoms. The first-order chi connectivity index (χ1) is 59.5. The fourth-order valence-corrected chi connectivity index (χ4v) is 17.0. The Balaban J connectivity index is 0.000000147. The van der Waals surface area contributed by atoms with E-state index in [1.165, 1.54) is 44.1 Å². The van der Waals surface area contributed by atoms with E-state index in [9.17, 15) is 0 Å². The van der Waals surface area contributed by atoms with Crippen LogP contribution in [0.15, 0.2) is 433 Å². The van der Waals surface area contributed by atoms with Crippen LogP contribution in [0.3, 0.4) is 0 Å². The number of anilines is 3. The van der Waals surface area contributed by atoms with Crippen LogP contribution in [0.2, 0.25) is 0 Å². The van der Waals surface area contributed by atoms with Gasteiger partial charge in [-0.2, -0.15) is 0 Å². The zero-order valence-electron chi connectivity index (χ0n) is 64.8. The first-order valence-electron chi connectivity index (χ1n) is 40.3. The fourth-order valence-electron chi connectivity index (χ4n) is 17.0. The lowest BCUT2D eigenvalue weighted by molar-refractivity contribution is 0.669. The number of furan rings is 2. The molecule has 0 saturated carbocycles. The van der Waals surface area contributed by atoms with Crippen molar-refractivity contribution in [1.82, 2.24) is 34.5 Å². The van der Waals surface area contributed by atoms with Crippen molar-refractivity contribution < 1.29 is 8.83 Å². The third-order valence-electron chi connectivity index (χ3n) is 22.8. The van der Waals surface area contributed by atoms with E-state index >= 15 is 0 Å². The van der Waals surface area contributed by atoms with E-state index in [-0.39, 0.29) is 0 Å². The second-order valence-electron chi connectivity index (χ2n) is 30.0. The summed E-state index contributed by atoms with van der Waals surface area (Å²) in [6.07, 6.45) is 0. The van der Waals surface area contributed by atoms with E-state index in [2.05, 4.69) is 313 Å². The van der Waals surface area contributed by atoms with Gasteiger partial charge in [0.15, 0.2) is 34.9 Å². The number of rotatable bonds is 14. The van der Waals surface area contributed by atoms with Crippen molar-refractivity contribution in [3.05, 3.63) is 425 Å². The average Bonchev–Trinajstić information content (AvgIpc) is 1.57. The van der Waals surface area contributed by atoms with Gasteiger partial charge < -0.3 is 18.3 Å². The van der Waals surface area contributed by atoms with E-state index in [4.69, 9.17) is 38.7 Å². The van der Waals surface area contributed by atoms with E-state index in [1.807, 2.05) is 121 Å². The van der Waals surface area contributed by atoms with Gasteiger partial charge in [0.1, 0.15) is 22.3 Å². The molecule has 0 unspecified atom stereocenters. The van der Waals surface area contributed by atoms with Gasteiger partial charge in [-0.15, -0.1) is 0 Å². The highest BCUT2D eigenvalue weighted by molar-refractivity contribution is 6.24. The summed E-state index contributed by atoms with van der Waals surface area (Å²) in [5, 5.41) is 11.0. The third-order valence-corrected chi connectivity index (χ3v) is 22.8. The first kappa shape index (κ1) is 70.3.